The molecule has 0 spiro atoms. The van der Waals surface area contributed by atoms with Crippen LogP contribution >= 0.6 is 15.9 Å². The van der Waals surface area contributed by atoms with Crippen LogP contribution < -0.4 is 10.1 Å². The van der Waals surface area contributed by atoms with Crippen LogP contribution in [0, 0.1) is 0 Å². The van der Waals surface area contributed by atoms with Crippen LogP contribution in [-0.2, 0) is 4.74 Å². The van der Waals surface area contributed by atoms with Gasteiger partial charge in [0.05, 0.1) is 24.4 Å². The van der Waals surface area contributed by atoms with Crippen molar-refractivity contribution in [3.8, 4) is 5.75 Å². The van der Waals surface area contributed by atoms with Crippen molar-refractivity contribution in [3.05, 3.63) is 35.0 Å². The average molecular weight is 298 g/mol. The molecule has 0 aliphatic carbocycles. The Labute approximate surface area is 110 Å². The van der Waals surface area contributed by atoms with Crippen LogP contribution in [-0.4, -0.2) is 19.8 Å². The zero-order valence-corrected chi connectivity index (χ0v) is 11.4. The number of nitrogens with one attached hydrogen (secondary N) is 1. The van der Waals surface area contributed by atoms with Crippen molar-refractivity contribution in [2.75, 3.05) is 19.0 Å². The summed E-state index contributed by atoms with van der Waals surface area (Å²) in [5.41, 5.74) is 1.07. The molecule has 1 aliphatic heterocycles. The third-order valence-electron chi connectivity index (χ3n) is 2.71. The van der Waals surface area contributed by atoms with Crippen molar-refractivity contribution in [1.29, 1.82) is 0 Å². The minimum absolute atomic E-state index is 0.265. The van der Waals surface area contributed by atoms with E-state index in [1.807, 2.05) is 18.2 Å². The number of hydrogen-bond acceptors (Lipinski definition) is 3. The molecule has 1 heterocycles. The van der Waals surface area contributed by atoms with E-state index in [1.165, 1.54) is 0 Å². The fraction of sp³-hybridized carbons (Fsp3) is 0.385. The van der Waals surface area contributed by atoms with Gasteiger partial charge in [-0.05, 0) is 53.0 Å². The maximum Gasteiger partial charge on any atom is 0.133 e. The van der Waals surface area contributed by atoms with Gasteiger partial charge in [-0.15, -0.1) is 0 Å². The SMILES string of the molecule is COc1ccc(NCC2CCC=CO2)cc1Br. The van der Waals surface area contributed by atoms with Crippen molar-refractivity contribution in [3.63, 3.8) is 0 Å². The lowest BCUT2D eigenvalue weighted by molar-refractivity contribution is 0.135. The fourth-order valence-corrected chi connectivity index (χ4v) is 2.28. The second-order valence-corrected chi connectivity index (χ2v) is 4.79. The van der Waals surface area contributed by atoms with E-state index >= 15 is 0 Å². The van der Waals surface area contributed by atoms with Crippen molar-refractivity contribution in [2.45, 2.75) is 18.9 Å². The lowest BCUT2D eigenvalue weighted by Gasteiger charge is -2.20. The Morgan fingerprint density at radius 2 is 2.41 bits per heavy atom. The minimum atomic E-state index is 0.265. The van der Waals surface area contributed by atoms with Gasteiger partial charge in [-0.3, -0.25) is 0 Å². The van der Waals surface area contributed by atoms with Gasteiger partial charge in [0.2, 0.25) is 0 Å². The van der Waals surface area contributed by atoms with Crippen LogP contribution in [0.15, 0.2) is 35.0 Å². The topological polar surface area (TPSA) is 30.5 Å². The van der Waals surface area contributed by atoms with Gasteiger partial charge in [0.1, 0.15) is 11.9 Å². The van der Waals surface area contributed by atoms with Crippen LogP contribution in [0.2, 0.25) is 0 Å². The van der Waals surface area contributed by atoms with Crippen molar-refractivity contribution >= 4 is 21.6 Å². The summed E-state index contributed by atoms with van der Waals surface area (Å²) in [7, 11) is 1.66. The highest BCUT2D eigenvalue weighted by Gasteiger charge is 2.10. The number of halogens is 1. The van der Waals surface area contributed by atoms with Gasteiger partial charge in [-0.25, -0.2) is 0 Å². The molecule has 3 nitrogen and oxygen atoms in total. The highest BCUT2D eigenvalue weighted by atomic mass is 79.9. The number of ether oxygens (including phenoxy) is 2. The monoisotopic (exact) mass is 297 g/mol. The average Bonchev–Trinajstić information content (AvgIpc) is 2.38. The third-order valence-corrected chi connectivity index (χ3v) is 3.33. The number of benzene rings is 1. The summed E-state index contributed by atoms with van der Waals surface area (Å²) in [6.07, 6.45) is 6.28. The van der Waals surface area contributed by atoms with E-state index in [1.54, 1.807) is 13.4 Å². The van der Waals surface area contributed by atoms with E-state index in [9.17, 15) is 0 Å². The molecule has 1 aliphatic rings. The Balaban J connectivity index is 1.90. The Morgan fingerprint density at radius 1 is 1.53 bits per heavy atom. The number of hydrogen-bond donors (Lipinski definition) is 1. The van der Waals surface area contributed by atoms with Crippen molar-refractivity contribution in [2.24, 2.45) is 0 Å². The molecule has 4 heteroatoms. The quantitative estimate of drug-likeness (QED) is 0.922. The maximum atomic E-state index is 5.50. The summed E-state index contributed by atoms with van der Waals surface area (Å²) in [6.45, 7) is 0.823. The molecule has 1 unspecified atom stereocenters. The van der Waals surface area contributed by atoms with E-state index in [0.717, 1.165) is 35.3 Å². The van der Waals surface area contributed by atoms with Crippen molar-refractivity contribution < 1.29 is 9.47 Å². The van der Waals surface area contributed by atoms with E-state index in [2.05, 4.69) is 27.3 Å². The Bertz CT molecular complexity index is 406. The summed E-state index contributed by atoms with van der Waals surface area (Å²) < 4.78 is 11.6. The molecule has 17 heavy (non-hydrogen) atoms. The van der Waals surface area contributed by atoms with Crippen LogP contribution in [0.25, 0.3) is 0 Å². The molecule has 0 radical (unpaired) electrons. The molecule has 92 valence electrons. The van der Waals surface area contributed by atoms with Gasteiger partial charge in [-0.2, -0.15) is 0 Å². The van der Waals surface area contributed by atoms with E-state index in [0.29, 0.717) is 0 Å². The van der Waals surface area contributed by atoms with Crippen molar-refractivity contribution in [1.82, 2.24) is 0 Å². The lowest BCUT2D eigenvalue weighted by atomic mass is 10.1. The molecular weight excluding hydrogens is 282 g/mol. The Hall–Kier alpha value is -1.16. The molecule has 0 aromatic heterocycles. The predicted octanol–water partition coefficient (Wildman–Crippen LogP) is 3.56. The van der Waals surface area contributed by atoms with Gasteiger partial charge in [0.15, 0.2) is 0 Å². The fourth-order valence-electron chi connectivity index (χ4n) is 1.74. The first-order valence-corrected chi connectivity index (χ1v) is 6.47. The smallest absolute Gasteiger partial charge is 0.133 e. The molecule has 1 aromatic carbocycles. The summed E-state index contributed by atoms with van der Waals surface area (Å²) in [5.74, 6) is 0.840. The maximum absolute atomic E-state index is 5.50. The molecule has 1 aromatic rings. The summed E-state index contributed by atoms with van der Waals surface area (Å²) in [6, 6.07) is 5.95. The molecular formula is C13H16BrNO2. The predicted molar refractivity (Wildman–Crippen MR) is 72.4 cm³/mol. The Morgan fingerprint density at radius 3 is 3.06 bits per heavy atom. The molecule has 0 bridgehead atoms. The normalized spacial score (nSPS) is 18.6. The first-order valence-electron chi connectivity index (χ1n) is 5.67. The lowest BCUT2D eigenvalue weighted by Crippen LogP contribution is -2.22. The second kappa shape index (κ2) is 5.96. The van der Waals surface area contributed by atoms with Gasteiger partial charge in [0, 0.05) is 5.69 Å². The molecule has 1 atom stereocenters. The second-order valence-electron chi connectivity index (χ2n) is 3.94. The number of anilines is 1. The molecule has 2 rings (SSSR count). The van der Waals surface area contributed by atoms with Gasteiger partial charge >= 0.3 is 0 Å². The summed E-state index contributed by atoms with van der Waals surface area (Å²) >= 11 is 3.47. The highest BCUT2D eigenvalue weighted by Crippen LogP contribution is 2.27. The van der Waals surface area contributed by atoms with E-state index in [4.69, 9.17) is 9.47 Å². The summed E-state index contributed by atoms with van der Waals surface area (Å²) in [5, 5.41) is 3.36. The van der Waals surface area contributed by atoms with Crippen LogP contribution in [0.3, 0.4) is 0 Å². The van der Waals surface area contributed by atoms with Crippen LogP contribution in [0.5, 0.6) is 5.75 Å². The summed E-state index contributed by atoms with van der Waals surface area (Å²) in [4.78, 5) is 0. The van der Waals surface area contributed by atoms with Gasteiger partial charge < -0.3 is 14.8 Å². The number of rotatable bonds is 4. The third kappa shape index (κ3) is 3.40. The first-order chi connectivity index (χ1) is 8.29. The zero-order chi connectivity index (χ0) is 12.1. The minimum Gasteiger partial charge on any atom is -0.497 e. The number of allylic oxidation sites excluding steroid dienone is 1. The van der Waals surface area contributed by atoms with Gasteiger partial charge in [-0.1, -0.05) is 0 Å². The van der Waals surface area contributed by atoms with Crippen LogP contribution in [0.1, 0.15) is 12.8 Å². The zero-order valence-electron chi connectivity index (χ0n) is 9.78. The molecule has 0 amide bonds. The molecule has 0 saturated heterocycles. The standard InChI is InChI=1S/C13H16BrNO2/c1-16-13-6-5-10(8-12(13)14)15-9-11-4-2-3-7-17-11/h3,5-8,11,15H,2,4,9H2,1H3. The molecule has 1 N–H and O–H groups in total. The Kier molecular flexibility index (Phi) is 4.31. The van der Waals surface area contributed by atoms with E-state index < -0.39 is 0 Å². The largest absolute Gasteiger partial charge is 0.497 e. The van der Waals surface area contributed by atoms with Crippen LogP contribution in [0.4, 0.5) is 5.69 Å². The highest BCUT2D eigenvalue weighted by molar-refractivity contribution is 9.10. The van der Waals surface area contributed by atoms with Gasteiger partial charge in [0.25, 0.3) is 0 Å². The molecule has 0 saturated carbocycles. The number of methoxy groups -OCH3 is 1. The molecule has 0 fully saturated rings. The first kappa shape index (κ1) is 12.3. The van der Waals surface area contributed by atoms with E-state index in [-0.39, 0.29) is 6.10 Å².